The van der Waals surface area contributed by atoms with E-state index in [4.69, 9.17) is 5.11 Å². The first-order chi connectivity index (χ1) is 4.84. The summed E-state index contributed by atoms with van der Waals surface area (Å²) in [5.41, 5.74) is 0.546. The zero-order valence-electron chi connectivity index (χ0n) is 5.76. The van der Waals surface area contributed by atoms with Crippen molar-refractivity contribution in [1.82, 2.24) is 5.32 Å². The van der Waals surface area contributed by atoms with Crippen LogP contribution in [0.5, 0.6) is 0 Å². The molecule has 3 heteroatoms. The molecule has 0 aromatic rings. The van der Waals surface area contributed by atoms with Crippen LogP contribution in [0.25, 0.3) is 0 Å². The predicted octanol–water partition coefficient (Wildman–Crippen LogP) is 0.381. The van der Waals surface area contributed by atoms with Gasteiger partial charge in [0.25, 0.3) is 0 Å². The van der Waals surface area contributed by atoms with Crippen LogP contribution in [-0.4, -0.2) is 24.0 Å². The first-order valence-corrected chi connectivity index (χ1v) is 3.42. The summed E-state index contributed by atoms with van der Waals surface area (Å²) < 4.78 is 0. The van der Waals surface area contributed by atoms with Crippen molar-refractivity contribution in [1.29, 1.82) is 0 Å². The fourth-order valence-corrected chi connectivity index (χ4v) is 0.986. The van der Waals surface area contributed by atoms with E-state index in [1.807, 2.05) is 0 Å². The number of Topliss-reactive ketones (excluding diaryl/α,β-unsaturated/α-hetero) is 1. The number of aliphatic hydroxyl groups is 1. The maximum absolute atomic E-state index is 11.0. The monoisotopic (exact) mass is 141 g/mol. The zero-order chi connectivity index (χ0) is 7.40. The molecule has 10 heavy (non-hydrogen) atoms. The smallest absolute Gasteiger partial charge is 0.163 e. The minimum atomic E-state index is 0.0625. The fourth-order valence-electron chi connectivity index (χ4n) is 0.986. The summed E-state index contributed by atoms with van der Waals surface area (Å²) in [6, 6.07) is 0. The van der Waals surface area contributed by atoms with Gasteiger partial charge in [0.05, 0.1) is 6.26 Å². The molecule has 3 nitrogen and oxygen atoms in total. The van der Waals surface area contributed by atoms with Crippen molar-refractivity contribution in [2.75, 3.05) is 13.1 Å². The molecule has 1 rings (SSSR count). The molecule has 1 aliphatic rings. The Hall–Kier alpha value is -0.830. The van der Waals surface area contributed by atoms with E-state index in [0.29, 0.717) is 18.4 Å². The van der Waals surface area contributed by atoms with Gasteiger partial charge >= 0.3 is 0 Å². The minimum Gasteiger partial charge on any atom is -0.515 e. The number of rotatable bonds is 0. The molecule has 0 radical (unpaired) electrons. The van der Waals surface area contributed by atoms with Gasteiger partial charge in [0.1, 0.15) is 0 Å². The van der Waals surface area contributed by atoms with Gasteiger partial charge in [-0.2, -0.15) is 0 Å². The lowest BCUT2D eigenvalue weighted by Gasteiger charge is -1.95. The van der Waals surface area contributed by atoms with E-state index in [2.05, 4.69) is 5.32 Å². The van der Waals surface area contributed by atoms with Crippen LogP contribution in [-0.2, 0) is 4.79 Å². The Bertz CT molecular complexity index is 163. The van der Waals surface area contributed by atoms with Crippen LogP contribution >= 0.6 is 0 Å². The van der Waals surface area contributed by atoms with Gasteiger partial charge in [-0.05, 0) is 13.0 Å². The molecular weight excluding hydrogens is 130 g/mol. The van der Waals surface area contributed by atoms with Gasteiger partial charge in [-0.25, -0.2) is 0 Å². The van der Waals surface area contributed by atoms with E-state index in [1.54, 1.807) is 0 Å². The van der Waals surface area contributed by atoms with E-state index in [1.165, 1.54) is 0 Å². The fraction of sp³-hybridized carbons (Fsp3) is 0.571. The van der Waals surface area contributed by atoms with Gasteiger partial charge in [-0.1, -0.05) is 0 Å². The highest BCUT2D eigenvalue weighted by Gasteiger charge is 2.11. The van der Waals surface area contributed by atoms with Crippen LogP contribution in [0.4, 0.5) is 0 Å². The Labute approximate surface area is 59.7 Å². The molecule has 2 N–H and O–H groups in total. The quantitative estimate of drug-likeness (QED) is 0.379. The molecule has 0 aromatic heterocycles. The van der Waals surface area contributed by atoms with Gasteiger partial charge < -0.3 is 10.4 Å². The molecule has 0 aromatic carbocycles. The number of hydrogen-bond acceptors (Lipinski definition) is 3. The van der Waals surface area contributed by atoms with Crippen LogP contribution in [0.2, 0.25) is 0 Å². The highest BCUT2D eigenvalue weighted by molar-refractivity contribution is 5.95. The van der Waals surface area contributed by atoms with Crippen LogP contribution in [0.1, 0.15) is 12.8 Å². The normalized spacial score (nSPS) is 24.8. The van der Waals surface area contributed by atoms with Crippen LogP contribution in [0.15, 0.2) is 11.8 Å². The Morgan fingerprint density at radius 3 is 2.80 bits per heavy atom. The average Bonchev–Trinajstić information content (AvgIpc) is 2.13. The van der Waals surface area contributed by atoms with Crippen molar-refractivity contribution in [3.05, 3.63) is 11.8 Å². The molecule has 1 saturated heterocycles. The van der Waals surface area contributed by atoms with E-state index < -0.39 is 0 Å². The molecule has 0 amide bonds. The molecule has 1 heterocycles. The second-order valence-corrected chi connectivity index (χ2v) is 2.33. The summed E-state index contributed by atoms with van der Waals surface area (Å²) in [5.74, 6) is 0.0625. The third kappa shape index (κ3) is 1.57. The van der Waals surface area contributed by atoms with Crippen molar-refractivity contribution in [2.45, 2.75) is 12.8 Å². The summed E-state index contributed by atoms with van der Waals surface area (Å²) in [4.78, 5) is 11.0. The summed E-state index contributed by atoms with van der Waals surface area (Å²) >= 11 is 0. The van der Waals surface area contributed by atoms with E-state index in [-0.39, 0.29) is 5.78 Å². The van der Waals surface area contributed by atoms with Gasteiger partial charge in [0.2, 0.25) is 0 Å². The van der Waals surface area contributed by atoms with E-state index >= 15 is 0 Å². The number of hydrogen-bond donors (Lipinski definition) is 2. The average molecular weight is 141 g/mol. The highest BCUT2D eigenvalue weighted by Crippen LogP contribution is 2.06. The molecule has 0 atom stereocenters. The lowest BCUT2D eigenvalue weighted by atomic mass is 10.1. The number of carbonyl (C=O) groups is 1. The predicted molar refractivity (Wildman–Crippen MR) is 37.8 cm³/mol. The Balaban J connectivity index is 2.61. The van der Waals surface area contributed by atoms with Crippen molar-refractivity contribution >= 4 is 5.78 Å². The van der Waals surface area contributed by atoms with Crippen molar-refractivity contribution in [2.24, 2.45) is 0 Å². The summed E-state index contributed by atoms with van der Waals surface area (Å²) in [6.45, 7) is 1.52. The Kier molecular flexibility index (Phi) is 2.45. The summed E-state index contributed by atoms with van der Waals surface area (Å²) in [5, 5.41) is 11.6. The molecule has 0 unspecified atom stereocenters. The van der Waals surface area contributed by atoms with Gasteiger partial charge in [-0.3, -0.25) is 4.79 Å². The molecule has 0 spiro atoms. The Morgan fingerprint density at radius 1 is 1.40 bits per heavy atom. The van der Waals surface area contributed by atoms with Gasteiger partial charge in [0.15, 0.2) is 5.78 Å². The topological polar surface area (TPSA) is 49.3 Å². The third-order valence-electron chi connectivity index (χ3n) is 1.61. The summed E-state index contributed by atoms with van der Waals surface area (Å²) in [6.07, 6.45) is 2.08. The van der Waals surface area contributed by atoms with E-state index in [9.17, 15) is 4.79 Å². The number of aliphatic hydroxyl groups excluding tert-OH is 1. The van der Waals surface area contributed by atoms with Crippen molar-refractivity contribution in [3.63, 3.8) is 0 Å². The maximum Gasteiger partial charge on any atom is 0.163 e. The standard InChI is InChI=1S/C7H11NO2/c9-5-6-1-3-8-4-2-7(6)10/h5,8-9H,1-4H2/b6-5+. The first-order valence-electron chi connectivity index (χ1n) is 3.42. The highest BCUT2D eigenvalue weighted by atomic mass is 16.2. The van der Waals surface area contributed by atoms with Crippen LogP contribution in [0, 0.1) is 0 Å². The maximum atomic E-state index is 11.0. The van der Waals surface area contributed by atoms with Crippen LogP contribution in [0.3, 0.4) is 0 Å². The minimum absolute atomic E-state index is 0.0625. The molecule has 1 aliphatic heterocycles. The van der Waals surface area contributed by atoms with Crippen LogP contribution < -0.4 is 5.32 Å². The summed E-state index contributed by atoms with van der Waals surface area (Å²) in [7, 11) is 0. The number of nitrogens with one attached hydrogen (secondary N) is 1. The van der Waals surface area contributed by atoms with E-state index in [0.717, 1.165) is 19.4 Å². The zero-order valence-corrected chi connectivity index (χ0v) is 5.76. The molecule has 0 saturated carbocycles. The number of ketones is 1. The SMILES string of the molecule is O=C1CCNCC/C1=C\O. The lowest BCUT2D eigenvalue weighted by molar-refractivity contribution is -0.115. The largest absolute Gasteiger partial charge is 0.515 e. The van der Waals surface area contributed by atoms with Crippen molar-refractivity contribution in [3.8, 4) is 0 Å². The second-order valence-electron chi connectivity index (χ2n) is 2.33. The lowest BCUT2D eigenvalue weighted by Crippen LogP contribution is -2.13. The number of carbonyl (C=O) groups excluding carboxylic acids is 1. The van der Waals surface area contributed by atoms with Crippen molar-refractivity contribution < 1.29 is 9.90 Å². The Morgan fingerprint density at radius 2 is 2.10 bits per heavy atom. The molecule has 1 fully saturated rings. The molecule has 0 aliphatic carbocycles. The molecule has 0 bridgehead atoms. The molecular formula is C7H11NO2. The third-order valence-corrected chi connectivity index (χ3v) is 1.61. The second kappa shape index (κ2) is 3.37. The first kappa shape index (κ1) is 7.28. The molecule has 56 valence electrons. The van der Waals surface area contributed by atoms with Gasteiger partial charge in [-0.15, -0.1) is 0 Å². The van der Waals surface area contributed by atoms with Gasteiger partial charge in [0, 0.05) is 18.5 Å².